The molecule has 2 atom stereocenters. The Morgan fingerprint density at radius 1 is 1.11 bits per heavy atom. The number of nitrogens with zero attached hydrogens (tertiary/aromatic N) is 2. The summed E-state index contributed by atoms with van der Waals surface area (Å²) in [6, 6.07) is 7.57. The van der Waals surface area contributed by atoms with Crippen molar-refractivity contribution in [2.24, 2.45) is 11.3 Å². The van der Waals surface area contributed by atoms with Crippen molar-refractivity contribution >= 4 is 17.8 Å². The van der Waals surface area contributed by atoms with Crippen LogP contribution in [-0.2, 0) is 30.4 Å². The minimum Gasteiger partial charge on any atom is -0.497 e. The Morgan fingerprint density at radius 2 is 1.86 bits per heavy atom. The maximum absolute atomic E-state index is 14.0. The van der Waals surface area contributed by atoms with E-state index >= 15 is 0 Å². The number of likely N-dealkylation sites (tertiary alicyclic amines) is 1. The average molecular weight is 485 g/mol. The molecule has 8 heteroatoms. The van der Waals surface area contributed by atoms with Gasteiger partial charge in [0.2, 0.25) is 11.8 Å². The highest BCUT2D eigenvalue weighted by atomic mass is 16.5. The van der Waals surface area contributed by atoms with E-state index in [0.717, 1.165) is 37.0 Å². The maximum Gasteiger partial charge on any atom is 0.318 e. The Bertz CT molecular complexity index is 953. The van der Waals surface area contributed by atoms with Gasteiger partial charge in [0.25, 0.3) is 0 Å². The van der Waals surface area contributed by atoms with Gasteiger partial charge in [-0.3, -0.25) is 14.4 Å². The second-order valence-electron chi connectivity index (χ2n) is 9.40. The molecule has 0 radical (unpaired) electrons. The lowest BCUT2D eigenvalue weighted by Crippen LogP contribution is -2.45. The fourth-order valence-electron chi connectivity index (χ4n) is 5.56. The molecule has 2 aliphatic heterocycles. The van der Waals surface area contributed by atoms with Crippen LogP contribution >= 0.6 is 0 Å². The van der Waals surface area contributed by atoms with Crippen molar-refractivity contribution in [3.8, 4) is 5.75 Å². The lowest BCUT2D eigenvalue weighted by atomic mass is 9.69. The standard InChI is InChI=1S/C27H36N2O6/c1-3-35-26(32)27-13-7-5-4-6-8-23(27)29(19-20-9-11-21(33-2)12-10-20)25(31)22(27)18-24(30)28-14-16-34-17-15-28/h8-12,22H,3-7,13-19H2,1-2H3/b23-8+/t22-,27+/m1/s1. The molecule has 3 aliphatic rings. The van der Waals surface area contributed by atoms with Crippen LogP contribution in [0.2, 0.25) is 0 Å². The van der Waals surface area contributed by atoms with E-state index in [1.165, 1.54) is 0 Å². The Morgan fingerprint density at radius 3 is 2.54 bits per heavy atom. The van der Waals surface area contributed by atoms with Gasteiger partial charge in [0.05, 0.1) is 39.4 Å². The van der Waals surface area contributed by atoms with E-state index in [1.54, 1.807) is 23.8 Å². The van der Waals surface area contributed by atoms with E-state index < -0.39 is 17.3 Å². The predicted molar refractivity (Wildman–Crippen MR) is 129 cm³/mol. The summed E-state index contributed by atoms with van der Waals surface area (Å²) < 4.78 is 16.2. The van der Waals surface area contributed by atoms with E-state index in [4.69, 9.17) is 14.2 Å². The molecule has 2 amide bonds. The SMILES string of the molecule is CCOC(=O)[C@]12CCCCC/C=C\1N(Cc1ccc(OC)cc1)C(=O)[C@H]2CC(=O)N1CCOCC1. The zero-order valence-electron chi connectivity index (χ0n) is 20.8. The number of ether oxygens (including phenoxy) is 3. The zero-order chi connectivity index (χ0) is 24.8. The number of methoxy groups -OCH3 is 1. The summed E-state index contributed by atoms with van der Waals surface area (Å²) in [5, 5.41) is 0. The molecule has 1 aromatic carbocycles. The molecule has 2 fully saturated rings. The number of allylic oxidation sites excluding steroid dienone is 1. The van der Waals surface area contributed by atoms with E-state index in [2.05, 4.69) is 0 Å². The number of esters is 1. The summed E-state index contributed by atoms with van der Waals surface area (Å²) in [4.78, 5) is 44.4. The maximum atomic E-state index is 14.0. The van der Waals surface area contributed by atoms with Gasteiger partial charge >= 0.3 is 5.97 Å². The molecule has 35 heavy (non-hydrogen) atoms. The molecule has 0 spiro atoms. The number of carbonyl (C=O) groups excluding carboxylic acids is 3. The molecule has 0 N–H and O–H groups in total. The van der Waals surface area contributed by atoms with Crippen LogP contribution in [0.15, 0.2) is 36.0 Å². The van der Waals surface area contributed by atoms with Crippen molar-refractivity contribution in [3.63, 3.8) is 0 Å². The molecule has 2 heterocycles. The highest BCUT2D eigenvalue weighted by molar-refractivity contribution is 5.98. The van der Waals surface area contributed by atoms with Crippen molar-refractivity contribution in [2.45, 2.75) is 52.0 Å². The van der Waals surface area contributed by atoms with Crippen molar-refractivity contribution in [1.29, 1.82) is 0 Å². The van der Waals surface area contributed by atoms with E-state index in [9.17, 15) is 14.4 Å². The van der Waals surface area contributed by atoms with Gasteiger partial charge in [-0.2, -0.15) is 0 Å². The van der Waals surface area contributed by atoms with Gasteiger partial charge in [-0.1, -0.05) is 31.1 Å². The molecular formula is C27H36N2O6. The fourth-order valence-corrected chi connectivity index (χ4v) is 5.56. The molecule has 4 rings (SSSR count). The minimum absolute atomic E-state index is 0.00585. The second kappa shape index (κ2) is 11.2. The lowest BCUT2D eigenvalue weighted by Gasteiger charge is -2.35. The van der Waals surface area contributed by atoms with Gasteiger partial charge in [0.1, 0.15) is 11.2 Å². The number of amides is 2. The third-order valence-corrected chi connectivity index (χ3v) is 7.40. The first-order valence-corrected chi connectivity index (χ1v) is 12.7. The highest BCUT2D eigenvalue weighted by Gasteiger charge is 2.61. The summed E-state index contributed by atoms with van der Waals surface area (Å²) in [7, 11) is 1.61. The Balaban J connectivity index is 1.72. The largest absolute Gasteiger partial charge is 0.497 e. The van der Waals surface area contributed by atoms with Gasteiger partial charge in [0, 0.05) is 25.2 Å². The van der Waals surface area contributed by atoms with Crippen molar-refractivity contribution in [3.05, 3.63) is 41.6 Å². The molecule has 8 nitrogen and oxygen atoms in total. The predicted octanol–water partition coefficient (Wildman–Crippen LogP) is 3.30. The van der Waals surface area contributed by atoms with Gasteiger partial charge in [-0.15, -0.1) is 0 Å². The Hall–Kier alpha value is -2.87. The monoisotopic (exact) mass is 484 g/mol. The minimum atomic E-state index is -1.14. The third-order valence-electron chi connectivity index (χ3n) is 7.40. The smallest absolute Gasteiger partial charge is 0.318 e. The molecule has 0 aromatic heterocycles. The number of morpholine rings is 1. The molecular weight excluding hydrogens is 448 g/mol. The van der Waals surface area contributed by atoms with Gasteiger partial charge in [-0.05, 0) is 43.9 Å². The first-order chi connectivity index (χ1) is 17.0. The van der Waals surface area contributed by atoms with Crippen molar-refractivity contribution < 1.29 is 28.6 Å². The van der Waals surface area contributed by atoms with Crippen molar-refractivity contribution in [1.82, 2.24) is 9.80 Å². The number of fused-ring (bicyclic) bond motifs is 1. The van der Waals surface area contributed by atoms with Gasteiger partial charge < -0.3 is 24.0 Å². The Kier molecular flexibility index (Phi) is 8.11. The van der Waals surface area contributed by atoms with Crippen LogP contribution in [-0.4, -0.2) is 67.6 Å². The van der Waals surface area contributed by atoms with Gasteiger partial charge in [-0.25, -0.2) is 0 Å². The molecule has 0 saturated carbocycles. The third kappa shape index (κ3) is 5.08. The lowest BCUT2D eigenvalue weighted by molar-refractivity contribution is -0.158. The molecule has 1 aliphatic carbocycles. The van der Waals surface area contributed by atoms with Crippen LogP contribution in [0.1, 0.15) is 51.0 Å². The first kappa shape index (κ1) is 25.2. The topological polar surface area (TPSA) is 85.4 Å². The number of hydrogen-bond donors (Lipinski definition) is 0. The zero-order valence-corrected chi connectivity index (χ0v) is 20.8. The number of carbonyl (C=O) groups is 3. The molecule has 190 valence electrons. The molecule has 0 bridgehead atoms. The van der Waals surface area contributed by atoms with E-state index in [-0.39, 0.29) is 24.8 Å². The van der Waals surface area contributed by atoms with E-state index in [0.29, 0.717) is 45.0 Å². The summed E-state index contributed by atoms with van der Waals surface area (Å²) in [6.07, 6.45) is 6.11. The van der Waals surface area contributed by atoms with Gasteiger partial charge in [0.15, 0.2) is 0 Å². The van der Waals surface area contributed by atoms with Crippen LogP contribution in [0.4, 0.5) is 0 Å². The van der Waals surface area contributed by atoms with E-state index in [1.807, 2.05) is 30.3 Å². The van der Waals surface area contributed by atoms with Crippen LogP contribution in [0, 0.1) is 11.3 Å². The summed E-state index contributed by atoms with van der Waals surface area (Å²) in [5.74, 6) is -0.716. The quantitative estimate of drug-likeness (QED) is 0.552. The number of rotatable bonds is 7. The van der Waals surface area contributed by atoms with Crippen LogP contribution in [0.5, 0.6) is 5.75 Å². The highest BCUT2D eigenvalue weighted by Crippen LogP contribution is 2.53. The summed E-state index contributed by atoms with van der Waals surface area (Å²) in [5.41, 5.74) is 0.498. The Labute approximate surface area is 207 Å². The molecule has 2 saturated heterocycles. The first-order valence-electron chi connectivity index (χ1n) is 12.7. The summed E-state index contributed by atoms with van der Waals surface area (Å²) >= 11 is 0. The average Bonchev–Trinajstić information content (AvgIpc) is 3.07. The number of benzene rings is 1. The summed E-state index contributed by atoms with van der Waals surface area (Å²) in [6.45, 7) is 4.32. The number of hydrogen-bond acceptors (Lipinski definition) is 6. The molecule has 1 aromatic rings. The molecule has 0 unspecified atom stereocenters. The van der Waals surface area contributed by atoms with Crippen LogP contribution in [0.25, 0.3) is 0 Å². The van der Waals surface area contributed by atoms with Crippen LogP contribution in [0.3, 0.4) is 0 Å². The normalized spacial score (nSPS) is 26.3. The van der Waals surface area contributed by atoms with Crippen molar-refractivity contribution in [2.75, 3.05) is 40.0 Å². The van der Waals surface area contributed by atoms with Crippen LogP contribution < -0.4 is 4.74 Å². The fraction of sp³-hybridized carbons (Fsp3) is 0.593. The second-order valence-corrected chi connectivity index (χ2v) is 9.40.